The molecule has 2 aromatic heterocycles. The van der Waals surface area contributed by atoms with Crippen molar-refractivity contribution in [3.63, 3.8) is 0 Å². The lowest BCUT2D eigenvalue weighted by atomic mass is 9.99. The van der Waals surface area contributed by atoms with E-state index >= 15 is 0 Å². The summed E-state index contributed by atoms with van der Waals surface area (Å²) >= 11 is 3.44. The van der Waals surface area contributed by atoms with Gasteiger partial charge in [0.25, 0.3) is 0 Å². The van der Waals surface area contributed by atoms with Crippen LogP contribution >= 0.6 is 15.9 Å². The average molecular weight is 338 g/mol. The van der Waals surface area contributed by atoms with E-state index in [1.54, 1.807) is 0 Å². The van der Waals surface area contributed by atoms with Gasteiger partial charge in [-0.2, -0.15) is 0 Å². The quantitative estimate of drug-likeness (QED) is 0.933. The van der Waals surface area contributed by atoms with Gasteiger partial charge in [-0.1, -0.05) is 6.07 Å². The molecule has 0 unspecified atom stereocenters. The van der Waals surface area contributed by atoms with Crippen molar-refractivity contribution in [3.8, 4) is 0 Å². The molecule has 5 nitrogen and oxygen atoms in total. The third kappa shape index (κ3) is 2.71. The van der Waals surface area contributed by atoms with E-state index in [4.69, 9.17) is 4.74 Å². The van der Waals surface area contributed by atoms with E-state index in [0.29, 0.717) is 19.8 Å². The Labute approximate surface area is 125 Å². The fourth-order valence-electron chi connectivity index (χ4n) is 2.46. The number of carbonyl (C=O) groups is 1. The van der Waals surface area contributed by atoms with Crippen molar-refractivity contribution in [3.05, 3.63) is 34.8 Å². The number of aromatic nitrogens is 2. The topological polar surface area (TPSA) is 55.6 Å². The van der Waals surface area contributed by atoms with Crippen LogP contribution in [-0.4, -0.2) is 28.5 Å². The summed E-state index contributed by atoms with van der Waals surface area (Å²) in [5.74, 6) is 0.989. The summed E-state index contributed by atoms with van der Waals surface area (Å²) in [6.07, 6.45) is 3.55. The molecule has 1 fully saturated rings. The van der Waals surface area contributed by atoms with Crippen LogP contribution in [0.4, 0.5) is 0 Å². The minimum Gasteiger partial charge on any atom is -0.381 e. The van der Waals surface area contributed by atoms with Crippen molar-refractivity contribution in [2.24, 2.45) is 5.92 Å². The van der Waals surface area contributed by atoms with Gasteiger partial charge in [-0.05, 0) is 40.9 Å². The summed E-state index contributed by atoms with van der Waals surface area (Å²) in [5, 5.41) is 2.98. The molecule has 1 aliphatic heterocycles. The summed E-state index contributed by atoms with van der Waals surface area (Å²) < 4.78 is 8.05. The summed E-state index contributed by atoms with van der Waals surface area (Å²) in [7, 11) is 0. The first-order chi connectivity index (χ1) is 9.75. The molecule has 1 amide bonds. The number of rotatable bonds is 3. The van der Waals surface area contributed by atoms with Crippen molar-refractivity contribution in [2.75, 3.05) is 13.2 Å². The molecule has 1 aliphatic rings. The Balaban J connectivity index is 1.69. The number of fused-ring (bicyclic) bond motifs is 1. The lowest BCUT2D eigenvalue weighted by Crippen LogP contribution is -2.34. The molecule has 6 heteroatoms. The second-order valence-corrected chi connectivity index (χ2v) is 5.63. The van der Waals surface area contributed by atoms with Gasteiger partial charge in [0, 0.05) is 25.3 Å². The van der Waals surface area contributed by atoms with Crippen molar-refractivity contribution in [2.45, 2.75) is 19.4 Å². The van der Waals surface area contributed by atoms with Gasteiger partial charge in [0.05, 0.1) is 12.1 Å². The Morgan fingerprint density at radius 2 is 2.25 bits per heavy atom. The number of carbonyl (C=O) groups excluding carboxylic acids is 1. The monoisotopic (exact) mass is 337 g/mol. The number of hydrogen-bond acceptors (Lipinski definition) is 3. The van der Waals surface area contributed by atoms with E-state index in [1.807, 2.05) is 28.8 Å². The number of halogens is 1. The van der Waals surface area contributed by atoms with Crippen LogP contribution in [0.2, 0.25) is 0 Å². The zero-order chi connectivity index (χ0) is 13.9. The molecule has 3 rings (SSSR count). The lowest BCUT2D eigenvalue weighted by molar-refractivity contribution is -0.128. The highest BCUT2D eigenvalue weighted by atomic mass is 79.9. The Bertz CT molecular complexity index is 620. The molecule has 2 aromatic rings. The smallest absolute Gasteiger partial charge is 0.223 e. The Kier molecular flexibility index (Phi) is 4.03. The maximum atomic E-state index is 12.1. The largest absolute Gasteiger partial charge is 0.381 e. The van der Waals surface area contributed by atoms with E-state index in [-0.39, 0.29) is 11.8 Å². The normalized spacial score (nSPS) is 16.4. The zero-order valence-electron chi connectivity index (χ0n) is 11.0. The van der Waals surface area contributed by atoms with Crippen LogP contribution in [0.5, 0.6) is 0 Å². The maximum absolute atomic E-state index is 12.1. The van der Waals surface area contributed by atoms with E-state index in [2.05, 4.69) is 26.2 Å². The fraction of sp³-hybridized carbons (Fsp3) is 0.429. The molecular formula is C14H16BrN3O2. The van der Waals surface area contributed by atoms with Gasteiger partial charge in [-0.25, -0.2) is 4.98 Å². The van der Waals surface area contributed by atoms with Gasteiger partial charge < -0.3 is 14.5 Å². The first-order valence-electron chi connectivity index (χ1n) is 6.72. The molecule has 20 heavy (non-hydrogen) atoms. The second kappa shape index (κ2) is 5.93. The van der Waals surface area contributed by atoms with Gasteiger partial charge in [-0.15, -0.1) is 0 Å². The highest BCUT2D eigenvalue weighted by molar-refractivity contribution is 9.10. The summed E-state index contributed by atoms with van der Waals surface area (Å²) in [6, 6.07) is 5.90. The summed E-state index contributed by atoms with van der Waals surface area (Å²) in [5.41, 5.74) is 1.00. The first-order valence-corrected chi connectivity index (χ1v) is 7.52. The molecule has 1 N–H and O–H groups in total. The third-order valence-electron chi connectivity index (χ3n) is 3.59. The molecule has 3 heterocycles. The van der Waals surface area contributed by atoms with E-state index in [0.717, 1.165) is 28.8 Å². The van der Waals surface area contributed by atoms with Gasteiger partial charge in [-0.3, -0.25) is 4.79 Å². The minimum absolute atomic E-state index is 0.0680. The first kappa shape index (κ1) is 13.6. The van der Waals surface area contributed by atoms with Crippen LogP contribution in [0.3, 0.4) is 0 Å². The third-order valence-corrected chi connectivity index (χ3v) is 4.17. The number of nitrogens with zero attached hydrogens (tertiary/aromatic N) is 2. The molecule has 0 saturated carbocycles. The lowest BCUT2D eigenvalue weighted by Gasteiger charge is -2.20. The van der Waals surface area contributed by atoms with Crippen molar-refractivity contribution in [1.82, 2.24) is 14.7 Å². The van der Waals surface area contributed by atoms with Crippen molar-refractivity contribution < 1.29 is 9.53 Å². The molecule has 106 valence electrons. The minimum atomic E-state index is 0.0680. The van der Waals surface area contributed by atoms with Gasteiger partial charge in [0.1, 0.15) is 10.4 Å². The Morgan fingerprint density at radius 3 is 3.05 bits per heavy atom. The predicted molar refractivity (Wildman–Crippen MR) is 78.3 cm³/mol. The second-order valence-electron chi connectivity index (χ2n) is 4.88. The molecule has 0 bridgehead atoms. The number of pyridine rings is 1. The maximum Gasteiger partial charge on any atom is 0.223 e. The van der Waals surface area contributed by atoms with Crippen molar-refractivity contribution in [1.29, 1.82) is 0 Å². The molecule has 0 atom stereocenters. The van der Waals surface area contributed by atoms with Gasteiger partial charge in [0.2, 0.25) is 5.91 Å². The van der Waals surface area contributed by atoms with Crippen LogP contribution in [0.1, 0.15) is 18.7 Å². The number of hydrogen-bond donors (Lipinski definition) is 1. The highest BCUT2D eigenvalue weighted by Crippen LogP contribution is 2.19. The summed E-state index contributed by atoms with van der Waals surface area (Å²) in [6.45, 7) is 1.79. The van der Waals surface area contributed by atoms with E-state index in [1.165, 1.54) is 0 Å². The number of imidazole rings is 1. The molecule has 0 aromatic carbocycles. The van der Waals surface area contributed by atoms with Crippen LogP contribution < -0.4 is 5.32 Å². The number of amides is 1. The highest BCUT2D eigenvalue weighted by Gasteiger charge is 2.21. The van der Waals surface area contributed by atoms with E-state index < -0.39 is 0 Å². The van der Waals surface area contributed by atoms with Crippen LogP contribution in [0.25, 0.3) is 5.52 Å². The molecular weight excluding hydrogens is 322 g/mol. The van der Waals surface area contributed by atoms with Crippen LogP contribution in [0, 0.1) is 5.92 Å². The molecule has 0 spiro atoms. The molecule has 0 aliphatic carbocycles. The van der Waals surface area contributed by atoms with Crippen LogP contribution in [-0.2, 0) is 16.1 Å². The fourth-order valence-corrected chi connectivity index (χ4v) is 2.98. The SMILES string of the molecule is O=C(NCc1nc(Br)c2ccccn12)C1CCOCC1. The van der Waals surface area contributed by atoms with E-state index in [9.17, 15) is 4.79 Å². The van der Waals surface area contributed by atoms with Gasteiger partial charge in [0.15, 0.2) is 0 Å². The Morgan fingerprint density at radius 1 is 1.45 bits per heavy atom. The van der Waals surface area contributed by atoms with Gasteiger partial charge >= 0.3 is 0 Å². The zero-order valence-corrected chi connectivity index (χ0v) is 12.6. The average Bonchev–Trinajstić information content (AvgIpc) is 2.83. The van der Waals surface area contributed by atoms with Crippen LogP contribution in [0.15, 0.2) is 29.0 Å². The van der Waals surface area contributed by atoms with Crippen molar-refractivity contribution >= 4 is 27.4 Å². The molecule has 1 saturated heterocycles. The number of ether oxygens (including phenoxy) is 1. The Hall–Kier alpha value is -1.40. The predicted octanol–water partition coefficient (Wildman–Crippen LogP) is 2.14. The standard InChI is InChI=1S/C14H16BrN3O2/c15-13-11-3-1-2-6-18(11)12(17-13)9-16-14(19)10-4-7-20-8-5-10/h1-3,6,10H,4-5,7-9H2,(H,16,19). The summed E-state index contributed by atoms with van der Waals surface area (Å²) in [4.78, 5) is 16.5. The number of nitrogens with one attached hydrogen (secondary N) is 1. The molecule has 0 radical (unpaired) electrons.